The van der Waals surface area contributed by atoms with Crippen LogP contribution >= 0.6 is 31.9 Å². The largest absolute Gasteiger partial charge is 0.480 e. The maximum Gasteiger partial charge on any atom is 0.329 e. The van der Waals surface area contributed by atoms with Gasteiger partial charge in [-0.3, -0.25) is 0 Å². The molecule has 0 saturated carbocycles. The Morgan fingerprint density at radius 2 is 1.81 bits per heavy atom. The number of nitrogens with two attached hydrogens (primary N) is 1. The van der Waals surface area contributed by atoms with E-state index >= 15 is 0 Å². The molecule has 36 heavy (non-hydrogen) atoms. The maximum absolute atomic E-state index is 13.1. The summed E-state index contributed by atoms with van der Waals surface area (Å²) >= 11 is 6.76. The number of nitrogens with one attached hydrogen (secondary N) is 2. The van der Waals surface area contributed by atoms with Gasteiger partial charge in [-0.2, -0.15) is 0 Å². The van der Waals surface area contributed by atoms with Gasteiger partial charge in [-0.25, -0.2) is 14.4 Å². The summed E-state index contributed by atoms with van der Waals surface area (Å²) < 4.78 is 1.29. The van der Waals surface area contributed by atoms with Crippen molar-refractivity contribution in [1.82, 2.24) is 15.1 Å². The van der Waals surface area contributed by atoms with Gasteiger partial charge in [0.15, 0.2) is 0 Å². The van der Waals surface area contributed by atoms with Crippen molar-refractivity contribution in [2.24, 2.45) is 0 Å². The van der Waals surface area contributed by atoms with E-state index in [2.05, 4.69) is 42.5 Å². The number of amides is 4. The lowest BCUT2D eigenvalue weighted by Gasteiger charge is -2.39. The van der Waals surface area contributed by atoms with Gasteiger partial charge in [-0.15, -0.1) is 0 Å². The first-order valence-electron chi connectivity index (χ1n) is 11.8. The van der Waals surface area contributed by atoms with Crippen LogP contribution in [0.4, 0.5) is 21.0 Å². The summed E-state index contributed by atoms with van der Waals surface area (Å²) in [6.07, 6.45) is 2.10. The minimum Gasteiger partial charge on any atom is -0.480 e. The SMILES string of the molecule is C[C@](Cc1cc(Br)c(N)c(Br)c1)(NC(=O)N1CCC(N2CCc3ccccc3NC2=O)CC1)C(=O)O. The number of nitrogens with zero attached hydrogens (tertiary/aromatic N) is 2. The summed E-state index contributed by atoms with van der Waals surface area (Å²) in [6.45, 7) is 2.98. The number of para-hydroxylation sites is 1. The Morgan fingerprint density at radius 3 is 2.44 bits per heavy atom. The predicted octanol–water partition coefficient (Wildman–Crippen LogP) is 4.44. The van der Waals surface area contributed by atoms with E-state index < -0.39 is 17.5 Å². The third-order valence-electron chi connectivity index (χ3n) is 6.89. The molecule has 2 aromatic rings. The first-order valence-corrected chi connectivity index (χ1v) is 13.4. The maximum atomic E-state index is 13.1. The number of nitrogen functional groups attached to an aromatic ring is 1. The van der Waals surface area contributed by atoms with Crippen LogP contribution in [0.25, 0.3) is 0 Å². The average Bonchev–Trinajstić information content (AvgIpc) is 3.00. The third kappa shape index (κ3) is 5.62. The fraction of sp³-hybridized carbons (Fsp3) is 0.400. The van der Waals surface area contributed by atoms with E-state index in [-0.39, 0.29) is 18.5 Å². The van der Waals surface area contributed by atoms with Gasteiger partial charge in [-0.05, 0) is 87.4 Å². The van der Waals surface area contributed by atoms with Gasteiger partial charge < -0.3 is 31.3 Å². The Bertz CT molecular complexity index is 1160. The Hall–Kier alpha value is -2.79. The minimum atomic E-state index is -1.51. The highest BCUT2D eigenvalue weighted by atomic mass is 79.9. The first kappa shape index (κ1) is 26.3. The first-order chi connectivity index (χ1) is 17.1. The lowest BCUT2D eigenvalue weighted by Crippen LogP contribution is -2.59. The average molecular weight is 623 g/mol. The number of likely N-dealkylation sites (tertiary alicyclic amines) is 1. The van der Waals surface area contributed by atoms with E-state index in [0.29, 0.717) is 52.7 Å². The summed E-state index contributed by atoms with van der Waals surface area (Å²) in [5.41, 5.74) is 7.61. The van der Waals surface area contributed by atoms with Gasteiger partial charge in [0, 0.05) is 46.7 Å². The van der Waals surface area contributed by atoms with E-state index in [9.17, 15) is 19.5 Å². The fourth-order valence-electron chi connectivity index (χ4n) is 4.75. The predicted molar refractivity (Wildman–Crippen MR) is 145 cm³/mol. The molecule has 1 atom stereocenters. The highest BCUT2D eigenvalue weighted by Gasteiger charge is 2.38. The van der Waals surface area contributed by atoms with Crippen molar-refractivity contribution < 1.29 is 19.5 Å². The standard InChI is InChI=1S/C25H29Br2N5O4/c1-25(22(33)34,14-15-12-18(26)21(28)19(27)13-15)30-24(36)31-9-7-17(8-10-31)32-11-6-16-4-2-3-5-20(16)29-23(32)35/h2-5,12-13,17H,6-11,14,28H2,1H3,(H,29,35)(H,30,36)(H,33,34)/t25-/m1/s1. The number of carboxylic acids is 1. The number of carboxylic acid groups (broad SMARTS) is 1. The number of piperidine rings is 1. The number of hydrogen-bond donors (Lipinski definition) is 4. The number of urea groups is 2. The lowest BCUT2D eigenvalue weighted by molar-refractivity contribution is -0.143. The molecule has 2 aliphatic rings. The summed E-state index contributed by atoms with van der Waals surface area (Å²) in [5, 5.41) is 15.7. The molecule has 1 fully saturated rings. The Balaban J connectivity index is 1.37. The van der Waals surface area contributed by atoms with E-state index in [1.165, 1.54) is 6.92 Å². The number of benzene rings is 2. The number of carbonyl (C=O) groups is 3. The van der Waals surface area contributed by atoms with Gasteiger partial charge in [0.1, 0.15) is 5.54 Å². The van der Waals surface area contributed by atoms with Crippen LogP contribution in [0.1, 0.15) is 30.9 Å². The van der Waals surface area contributed by atoms with Crippen molar-refractivity contribution >= 4 is 61.3 Å². The highest BCUT2D eigenvalue weighted by molar-refractivity contribution is 9.11. The monoisotopic (exact) mass is 621 g/mol. The van der Waals surface area contributed by atoms with Crippen molar-refractivity contribution in [2.75, 3.05) is 30.7 Å². The molecular formula is C25H29Br2N5O4. The molecule has 0 spiro atoms. The van der Waals surface area contributed by atoms with Crippen molar-refractivity contribution in [1.29, 1.82) is 0 Å². The van der Waals surface area contributed by atoms with E-state index in [1.54, 1.807) is 17.0 Å². The molecule has 192 valence electrons. The Kier molecular flexibility index (Phi) is 7.79. The second-order valence-electron chi connectivity index (χ2n) is 9.47. The second kappa shape index (κ2) is 10.7. The molecule has 2 aliphatic heterocycles. The van der Waals surface area contributed by atoms with Crippen molar-refractivity contribution in [3.05, 3.63) is 56.5 Å². The van der Waals surface area contributed by atoms with Crippen molar-refractivity contribution in [3.63, 3.8) is 0 Å². The van der Waals surface area contributed by atoms with Crippen LogP contribution in [0.2, 0.25) is 0 Å². The van der Waals surface area contributed by atoms with Gasteiger partial charge in [0.05, 0.1) is 5.69 Å². The number of hydrogen-bond acceptors (Lipinski definition) is 4. The van der Waals surface area contributed by atoms with E-state index in [0.717, 1.165) is 17.7 Å². The minimum absolute atomic E-state index is 0.0127. The van der Waals surface area contributed by atoms with Gasteiger partial charge in [0.25, 0.3) is 0 Å². The highest BCUT2D eigenvalue weighted by Crippen LogP contribution is 2.31. The van der Waals surface area contributed by atoms with Crippen LogP contribution in [0, 0.1) is 0 Å². The number of halogens is 2. The number of carbonyl (C=O) groups excluding carboxylic acids is 2. The van der Waals surface area contributed by atoms with Crippen LogP contribution in [-0.4, -0.2) is 64.2 Å². The molecule has 4 rings (SSSR count). The summed E-state index contributed by atoms with van der Waals surface area (Å²) in [7, 11) is 0. The number of fused-ring (bicyclic) bond motifs is 1. The van der Waals surface area contributed by atoms with E-state index in [4.69, 9.17) is 5.73 Å². The molecular weight excluding hydrogens is 594 g/mol. The third-order valence-corrected chi connectivity index (χ3v) is 8.20. The quantitative estimate of drug-likeness (QED) is 0.367. The molecule has 0 aliphatic carbocycles. The molecule has 0 bridgehead atoms. The van der Waals surface area contributed by atoms with Crippen LogP contribution in [0.15, 0.2) is 45.3 Å². The Morgan fingerprint density at radius 1 is 1.17 bits per heavy atom. The molecule has 2 heterocycles. The molecule has 0 radical (unpaired) electrons. The van der Waals surface area contributed by atoms with Crippen LogP contribution < -0.4 is 16.4 Å². The zero-order chi connectivity index (χ0) is 26.0. The van der Waals surface area contributed by atoms with E-state index in [1.807, 2.05) is 29.2 Å². The zero-order valence-electron chi connectivity index (χ0n) is 19.9. The van der Waals surface area contributed by atoms with Gasteiger partial charge in [0.2, 0.25) is 0 Å². The Labute approximate surface area is 226 Å². The molecule has 4 amide bonds. The summed E-state index contributed by atoms with van der Waals surface area (Å²) in [5.74, 6) is -1.13. The van der Waals surface area contributed by atoms with Crippen LogP contribution in [0.5, 0.6) is 0 Å². The van der Waals surface area contributed by atoms with Crippen molar-refractivity contribution in [2.45, 2.75) is 44.2 Å². The molecule has 0 unspecified atom stereocenters. The lowest BCUT2D eigenvalue weighted by atomic mass is 9.92. The molecule has 11 heteroatoms. The molecule has 1 saturated heterocycles. The van der Waals surface area contributed by atoms with Crippen LogP contribution in [-0.2, 0) is 17.6 Å². The molecule has 9 nitrogen and oxygen atoms in total. The number of anilines is 2. The van der Waals surface area contributed by atoms with Gasteiger partial charge in [-0.1, -0.05) is 18.2 Å². The van der Waals surface area contributed by atoms with Crippen molar-refractivity contribution in [3.8, 4) is 0 Å². The van der Waals surface area contributed by atoms with Gasteiger partial charge >= 0.3 is 18.0 Å². The topological polar surface area (TPSA) is 128 Å². The zero-order valence-corrected chi connectivity index (χ0v) is 23.1. The molecule has 0 aromatic heterocycles. The number of rotatable bonds is 5. The molecule has 5 N–H and O–H groups in total. The smallest absolute Gasteiger partial charge is 0.329 e. The number of aliphatic carboxylic acids is 1. The fourth-order valence-corrected chi connectivity index (χ4v) is 6.04. The molecule has 2 aromatic carbocycles. The normalized spacial score (nSPS) is 18.0. The summed E-state index contributed by atoms with van der Waals surface area (Å²) in [6, 6.07) is 10.8. The summed E-state index contributed by atoms with van der Waals surface area (Å²) in [4.78, 5) is 41.6. The van der Waals surface area contributed by atoms with Crippen LogP contribution in [0.3, 0.4) is 0 Å². The second-order valence-corrected chi connectivity index (χ2v) is 11.2.